The first-order chi connectivity index (χ1) is 8.50. The maximum absolute atomic E-state index is 11.8. The van der Waals surface area contributed by atoms with E-state index >= 15 is 0 Å². The number of rotatable bonds is 7. The molecule has 0 radical (unpaired) electrons. The second-order valence-electron chi connectivity index (χ2n) is 4.35. The standard InChI is InChI=1S/C13H19NO4/c1-10-11(7-8-18-10)9-14(2)12(15)5-3-4-6-13(16)17/h7-8H,3-6,9H2,1-2H3,(H,16,17). The van der Waals surface area contributed by atoms with Crippen molar-refractivity contribution in [3.63, 3.8) is 0 Å². The van der Waals surface area contributed by atoms with Crippen LogP contribution in [-0.4, -0.2) is 28.9 Å². The number of carbonyl (C=O) groups excluding carboxylic acids is 1. The summed E-state index contributed by atoms with van der Waals surface area (Å²) in [5.41, 5.74) is 0.997. The Labute approximate surface area is 106 Å². The van der Waals surface area contributed by atoms with Crippen LogP contribution < -0.4 is 0 Å². The van der Waals surface area contributed by atoms with Gasteiger partial charge in [-0.05, 0) is 25.8 Å². The number of carbonyl (C=O) groups is 2. The number of hydrogen-bond acceptors (Lipinski definition) is 3. The molecule has 0 aliphatic rings. The molecule has 1 N–H and O–H groups in total. The van der Waals surface area contributed by atoms with Crippen LogP contribution in [0.25, 0.3) is 0 Å². The Kier molecular flexibility index (Phi) is 5.42. The lowest BCUT2D eigenvalue weighted by molar-refractivity contribution is -0.137. The molecule has 100 valence electrons. The highest BCUT2D eigenvalue weighted by Crippen LogP contribution is 2.12. The van der Waals surface area contributed by atoms with Gasteiger partial charge in [-0.2, -0.15) is 0 Å². The lowest BCUT2D eigenvalue weighted by atomic mass is 10.1. The normalized spacial score (nSPS) is 10.3. The molecule has 0 aliphatic carbocycles. The Morgan fingerprint density at radius 3 is 2.56 bits per heavy atom. The zero-order chi connectivity index (χ0) is 13.5. The zero-order valence-corrected chi connectivity index (χ0v) is 10.8. The van der Waals surface area contributed by atoms with Crippen LogP contribution in [-0.2, 0) is 16.1 Å². The van der Waals surface area contributed by atoms with Gasteiger partial charge < -0.3 is 14.4 Å². The summed E-state index contributed by atoms with van der Waals surface area (Å²) in [6.07, 6.45) is 3.27. The first kappa shape index (κ1) is 14.3. The number of unbranched alkanes of at least 4 members (excludes halogenated alkanes) is 1. The molecule has 5 heteroatoms. The Morgan fingerprint density at radius 2 is 2.00 bits per heavy atom. The second-order valence-corrected chi connectivity index (χ2v) is 4.35. The molecule has 18 heavy (non-hydrogen) atoms. The number of aryl methyl sites for hydroxylation is 1. The van der Waals surface area contributed by atoms with Crippen molar-refractivity contribution in [1.29, 1.82) is 0 Å². The van der Waals surface area contributed by atoms with E-state index in [1.54, 1.807) is 18.2 Å². The Morgan fingerprint density at radius 1 is 1.33 bits per heavy atom. The topological polar surface area (TPSA) is 70.8 Å². The Balaban J connectivity index is 2.29. The lowest BCUT2D eigenvalue weighted by Crippen LogP contribution is -2.25. The summed E-state index contributed by atoms with van der Waals surface area (Å²) in [6, 6.07) is 1.85. The minimum absolute atomic E-state index is 0.0287. The predicted molar refractivity (Wildman–Crippen MR) is 66.0 cm³/mol. The zero-order valence-electron chi connectivity index (χ0n) is 10.8. The van der Waals surface area contributed by atoms with Gasteiger partial charge in [-0.1, -0.05) is 0 Å². The summed E-state index contributed by atoms with van der Waals surface area (Å²) in [6.45, 7) is 2.39. The van der Waals surface area contributed by atoms with E-state index in [9.17, 15) is 9.59 Å². The maximum Gasteiger partial charge on any atom is 0.303 e. The van der Waals surface area contributed by atoms with Gasteiger partial charge in [-0.25, -0.2) is 0 Å². The number of carboxylic acids is 1. The monoisotopic (exact) mass is 253 g/mol. The molecule has 1 rings (SSSR count). The van der Waals surface area contributed by atoms with Crippen LogP contribution in [0.1, 0.15) is 37.0 Å². The van der Waals surface area contributed by atoms with Crippen LogP contribution in [0.5, 0.6) is 0 Å². The molecular weight excluding hydrogens is 234 g/mol. The number of aliphatic carboxylic acids is 1. The van der Waals surface area contributed by atoms with Crippen molar-refractivity contribution >= 4 is 11.9 Å². The molecule has 1 amide bonds. The van der Waals surface area contributed by atoms with Crippen molar-refractivity contribution in [3.05, 3.63) is 23.7 Å². The number of amides is 1. The summed E-state index contributed by atoms with van der Waals surface area (Å²) in [5, 5.41) is 8.48. The average molecular weight is 253 g/mol. The van der Waals surface area contributed by atoms with Gasteiger partial charge in [0.15, 0.2) is 0 Å². The van der Waals surface area contributed by atoms with E-state index < -0.39 is 5.97 Å². The number of hydrogen-bond donors (Lipinski definition) is 1. The third-order valence-electron chi connectivity index (χ3n) is 2.83. The summed E-state index contributed by atoms with van der Waals surface area (Å²) < 4.78 is 5.17. The van der Waals surface area contributed by atoms with Crippen molar-refractivity contribution in [3.8, 4) is 0 Å². The molecule has 0 aromatic carbocycles. The predicted octanol–water partition coefficient (Wildman–Crippen LogP) is 2.19. The van der Waals surface area contributed by atoms with Crippen LogP contribution in [0.15, 0.2) is 16.7 Å². The highest BCUT2D eigenvalue weighted by Gasteiger charge is 2.11. The van der Waals surface area contributed by atoms with Crippen LogP contribution in [0.3, 0.4) is 0 Å². The van der Waals surface area contributed by atoms with E-state index in [1.165, 1.54) is 0 Å². The summed E-state index contributed by atoms with van der Waals surface area (Å²) in [5.74, 6) is 0.0336. The molecule has 0 bridgehead atoms. The van der Waals surface area contributed by atoms with E-state index in [0.29, 0.717) is 25.8 Å². The third kappa shape index (κ3) is 4.61. The van der Waals surface area contributed by atoms with Crippen LogP contribution in [0.4, 0.5) is 0 Å². The van der Waals surface area contributed by atoms with E-state index in [0.717, 1.165) is 11.3 Å². The van der Waals surface area contributed by atoms with Gasteiger partial charge in [0.25, 0.3) is 0 Å². The Bertz CT molecular complexity index is 411. The van der Waals surface area contributed by atoms with Crippen molar-refractivity contribution < 1.29 is 19.1 Å². The van der Waals surface area contributed by atoms with Crippen LogP contribution in [0.2, 0.25) is 0 Å². The third-order valence-corrected chi connectivity index (χ3v) is 2.83. The largest absolute Gasteiger partial charge is 0.481 e. The first-order valence-corrected chi connectivity index (χ1v) is 5.99. The molecule has 0 saturated heterocycles. The minimum atomic E-state index is -0.815. The summed E-state index contributed by atoms with van der Waals surface area (Å²) >= 11 is 0. The fourth-order valence-corrected chi connectivity index (χ4v) is 1.66. The maximum atomic E-state index is 11.8. The molecule has 0 fully saturated rings. The highest BCUT2D eigenvalue weighted by molar-refractivity contribution is 5.76. The van der Waals surface area contributed by atoms with E-state index in [2.05, 4.69) is 0 Å². The van der Waals surface area contributed by atoms with E-state index in [4.69, 9.17) is 9.52 Å². The molecular formula is C13H19NO4. The van der Waals surface area contributed by atoms with Crippen molar-refractivity contribution in [1.82, 2.24) is 4.90 Å². The number of carboxylic acid groups (broad SMARTS) is 1. The quantitative estimate of drug-likeness (QED) is 0.756. The van der Waals surface area contributed by atoms with Gasteiger partial charge in [-0.3, -0.25) is 9.59 Å². The van der Waals surface area contributed by atoms with Gasteiger partial charge in [0.1, 0.15) is 5.76 Å². The van der Waals surface area contributed by atoms with Crippen molar-refractivity contribution in [2.24, 2.45) is 0 Å². The SMILES string of the molecule is Cc1occc1CN(C)C(=O)CCCCC(=O)O. The Hall–Kier alpha value is -1.78. The van der Waals surface area contributed by atoms with Gasteiger partial charge in [0, 0.05) is 32.0 Å². The van der Waals surface area contributed by atoms with Gasteiger partial charge >= 0.3 is 5.97 Å². The molecule has 1 aromatic heterocycles. The summed E-state index contributed by atoms with van der Waals surface area (Å²) in [7, 11) is 1.74. The number of furan rings is 1. The molecule has 0 spiro atoms. The van der Waals surface area contributed by atoms with E-state index in [-0.39, 0.29) is 12.3 Å². The fourth-order valence-electron chi connectivity index (χ4n) is 1.66. The van der Waals surface area contributed by atoms with Crippen molar-refractivity contribution in [2.75, 3.05) is 7.05 Å². The van der Waals surface area contributed by atoms with Gasteiger partial charge in [-0.15, -0.1) is 0 Å². The molecule has 1 aromatic rings. The molecule has 0 saturated carbocycles. The van der Waals surface area contributed by atoms with Crippen LogP contribution >= 0.6 is 0 Å². The van der Waals surface area contributed by atoms with Gasteiger partial charge in [0.2, 0.25) is 5.91 Å². The molecule has 0 atom stereocenters. The molecule has 5 nitrogen and oxygen atoms in total. The summed E-state index contributed by atoms with van der Waals surface area (Å²) in [4.78, 5) is 23.7. The highest BCUT2D eigenvalue weighted by atomic mass is 16.4. The average Bonchev–Trinajstić information content (AvgIpc) is 2.70. The van der Waals surface area contributed by atoms with Crippen molar-refractivity contribution in [2.45, 2.75) is 39.2 Å². The minimum Gasteiger partial charge on any atom is -0.481 e. The molecule has 0 aliphatic heterocycles. The van der Waals surface area contributed by atoms with Gasteiger partial charge in [0.05, 0.1) is 6.26 Å². The first-order valence-electron chi connectivity index (χ1n) is 5.99. The number of nitrogens with zero attached hydrogens (tertiary/aromatic N) is 1. The lowest BCUT2D eigenvalue weighted by Gasteiger charge is -2.16. The molecule has 1 heterocycles. The molecule has 0 unspecified atom stereocenters. The fraction of sp³-hybridized carbons (Fsp3) is 0.538. The van der Waals surface area contributed by atoms with Crippen LogP contribution in [0, 0.1) is 6.92 Å². The second kappa shape index (κ2) is 6.83. The van der Waals surface area contributed by atoms with E-state index in [1.807, 2.05) is 13.0 Å². The smallest absolute Gasteiger partial charge is 0.303 e.